The largest absolute Gasteiger partial charge is 0.480 e. The van der Waals surface area contributed by atoms with E-state index in [2.05, 4.69) is 57.5 Å². The number of carboxylic acid groups (broad SMARTS) is 1. The van der Waals surface area contributed by atoms with Crippen LogP contribution in [0.5, 0.6) is 0 Å². The Labute approximate surface area is 195 Å². The number of carbonyl (C=O) groups is 1. The summed E-state index contributed by atoms with van der Waals surface area (Å²) in [5, 5.41) is 16.3. The topological polar surface area (TPSA) is 88.0 Å². The quantitative estimate of drug-likeness (QED) is 0.334. The van der Waals surface area contributed by atoms with Crippen molar-refractivity contribution in [2.75, 3.05) is 5.32 Å². The normalized spacial score (nSPS) is 12.2. The molecule has 6 nitrogen and oxygen atoms in total. The maximum atomic E-state index is 12.1. The van der Waals surface area contributed by atoms with Crippen LogP contribution in [0.3, 0.4) is 0 Å². The molecule has 0 aliphatic carbocycles. The molecule has 0 amide bonds. The lowest BCUT2D eigenvalue weighted by Gasteiger charge is -2.16. The van der Waals surface area contributed by atoms with Crippen LogP contribution in [0.1, 0.15) is 17.5 Å². The van der Waals surface area contributed by atoms with Gasteiger partial charge in [0.1, 0.15) is 23.0 Å². The Kier molecular flexibility index (Phi) is 5.71. The van der Waals surface area contributed by atoms with Crippen LogP contribution in [-0.2, 0) is 17.6 Å². The van der Waals surface area contributed by atoms with Gasteiger partial charge in [-0.15, -0.1) is 11.3 Å². The molecule has 0 aliphatic heterocycles. The molecule has 0 saturated heterocycles. The van der Waals surface area contributed by atoms with Gasteiger partial charge in [-0.05, 0) is 34.9 Å². The number of aromatic nitrogens is 3. The van der Waals surface area contributed by atoms with Gasteiger partial charge < -0.3 is 10.4 Å². The van der Waals surface area contributed by atoms with Gasteiger partial charge in [-0.25, -0.2) is 14.8 Å². The lowest BCUT2D eigenvalue weighted by Crippen LogP contribution is -2.32. The molecule has 5 aromatic rings. The average molecular weight is 455 g/mol. The fourth-order valence-corrected chi connectivity index (χ4v) is 5.25. The van der Waals surface area contributed by atoms with Crippen LogP contribution in [0.25, 0.3) is 32.1 Å². The standard InChI is InChI=1S/C26H22N4O2S/c1-2-21-22(19-12-7-9-16-8-3-4-11-18(16)19)23-24(28-15-29-25(23)33-21)30-20(26(31)32)14-17-10-5-6-13-27-17/h3-13,15,20H,2,14H2,1H3,(H,31,32)(H,28,29,30)/t20-/m1/s1. The molecule has 0 fully saturated rings. The first-order valence-corrected chi connectivity index (χ1v) is 11.6. The number of anilines is 1. The Morgan fingerprint density at radius 1 is 1.03 bits per heavy atom. The predicted octanol–water partition coefficient (Wildman–Crippen LogP) is 5.58. The first kappa shape index (κ1) is 21.0. The van der Waals surface area contributed by atoms with E-state index in [1.165, 1.54) is 11.2 Å². The Balaban J connectivity index is 1.66. The highest BCUT2D eigenvalue weighted by Gasteiger charge is 2.24. The maximum absolute atomic E-state index is 12.1. The van der Waals surface area contributed by atoms with E-state index in [4.69, 9.17) is 0 Å². The second-order valence-corrected chi connectivity index (χ2v) is 8.83. The molecule has 2 aromatic carbocycles. The molecule has 2 N–H and O–H groups in total. The number of carboxylic acids is 1. The van der Waals surface area contributed by atoms with E-state index in [1.807, 2.05) is 30.3 Å². The lowest BCUT2D eigenvalue weighted by molar-refractivity contribution is -0.137. The number of hydrogen-bond donors (Lipinski definition) is 2. The first-order chi connectivity index (χ1) is 16.2. The third-order valence-corrected chi connectivity index (χ3v) is 6.93. The van der Waals surface area contributed by atoms with Crippen LogP contribution in [0.4, 0.5) is 5.82 Å². The summed E-state index contributed by atoms with van der Waals surface area (Å²) in [6.45, 7) is 2.13. The maximum Gasteiger partial charge on any atom is 0.326 e. The van der Waals surface area contributed by atoms with E-state index in [-0.39, 0.29) is 6.42 Å². The number of thiophene rings is 1. The van der Waals surface area contributed by atoms with Crippen LogP contribution >= 0.6 is 11.3 Å². The molecule has 0 saturated carbocycles. The fourth-order valence-electron chi connectivity index (χ4n) is 4.16. The van der Waals surface area contributed by atoms with Crippen LogP contribution < -0.4 is 5.32 Å². The van der Waals surface area contributed by atoms with Crippen molar-refractivity contribution < 1.29 is 9.90 Å². The Hall–Kier alpha value is -3.84. The monoisotopic (exact) mass is 454 g/mol. The number of hydrogen-bond acceptors (Lipinski definition) is 6. The van der Waals surface area contributed by atoms with Crippen molar-refractivity contribution in [1.82, 2.24) is 15.0 Å². The van der Waals surface area contributed by atoms with Crippen molar-refractivity contribution in [2.45, 2.75) is 25.8 Å². The van der Waals surface area contributed by atoms with Gasteiger partial charge >= 0.3 is 5.97 Å². The minimum atomic E-state index is -0.954. The highest BCUT2D eigenvalue weighted by molar-refractivity contribution is 7.19. The number of fused-ring (bicyclic) bond motifs is 2. The highest BCUT2D eigenvalue weighted by atomic mass is 32.1. The highest BCUT2D eigenvalue weighted by Crippen LogP contribution is 2.43. The van der Waals surface area contributed by atoms with Gasteiger partial charge in [0.25, 0.3) is 0 Å². The first-order valence-electron chi connectivity index (χ1n) is 10.8. The minimum Gasteiger partial charge on any atom is -0.480 e. The summed E-state index contributed by atoms with van der Waals surface area (Å²) in [4.78, 5) is 27.4. The van der Waals surface area contributed by atoms with Crippen molar-refractivity contribution in [1.29, 1.82) is 0 Å². The number of nitrogens with one attached hydrogen (secondary N) is 1. The minimum absolute atomic E-state index is 0.246. The van der Waals surface area contributed by atoms with Crippen LogP contribution in [0, 0.1) is 0 Å². The number of rotatable bonds is 7. The smallest absolute Gasteiger partial charge is 0.326 e. The zero-order chi connectivity index (χ0) is 22.8. The Morgan fingerprint density at radius 3 is 2.64 bits per heavy atom. The second kappa shape index (κ2) is 8.96. The predicted molar refractivity (Wildman–Crippen MR) is 133 cm³/mol. The molecule has 33 heavy (non-hydrogen) atoms. The molecule has 0 bridgehead atoms. The van der Waals surface area contributed by atoms with E-state index >= 15 is 0 Å². The molecule has 0 aliphatic rings. The number of pyridine rings is 1. The van der Waals surface area contributed by atoms with Gasteiger partial charge in [0.05, 0.1) is 5.39 Å². The molecular formula is C26H22N4O2S. The van der Waals surface area contributed by atoms with Crippen molar-refractivity contribution in [3.63, 3.8) is 0 Å². The second-order valence-electron chi connectivity index (χ2n) is 7.74. The number of aryl methyl sites for hydroxylation is 1. The molecule has 3 heterocycles. The van der Waals surface area contributed by atoms with Crippen molar-refractivity contribution in [3.8, 4) is 11.1 Å². The van der Waals surface area contributed by atoms with E-state index in [0.29, 0.717) is 11.5 Å². The third kappa shape index (κ3) is 4.03. The third-order valence-electron chi connectivity index (χ3n) is 5.69. The zero-order valence-corrected chi connectivity index (χ0v) is 18.8. The van der Waals surface area contributed by atoms with Gasteiger partial charge in [0.15, 0.2) is 0 Å². The van der Waals surface area contributed by atoms with E-state index < -0.39 is 12.0 Å². The Morgan fingerprint density at radius 2 is 1.85 bits per heavy atom. The van der Waals surface area contributed by atoms with Gasteiger partial charge in [-0.3, -0.25) is 4.98 Å². The van der Waals surface area contributed by atoms with Crippen molar-refractivity contribution in [2.24, 2.45) is 0 Å². The molecular weight excluding hydrogens is 432 g/mol. The summed E-state index contributed by atoms with van der Waals surface area (Å²) >= 11 is 1.63. The fraction of sp³-hybridized carbons (Fsp3) is 0.154. The van der Waals surface area contributed by atoms with Gasteiger partial charge in [-0.1, -0.05) is 55.5 Å². The lowest BCUT2D eigenvalue weighted by atomic mass is 9.96. The van der Waals surface area contributed by atoms with Crippen molar-refractivity contribution >= 4 is 44.1 Å². The molecule has 3 aromatic heterocycles. The molecule has 0 radical (unpaired) electrons. The van der Waals surface area contributed by atoms with Crippen LogP contribution in [0.2, 0.25) is 0 Å². The zero-order valence-electron chi connectivity index (χ0n) is 18.0. The molecule has 5 rings (SSSR count). The van der Waals surface area contributed by atoms with E-state index in [9.17, 15) is 9.90 Å². The average Bonchev–Trinajstić information content (AvgIpc) is 3.23. The molecule has 0 spiro atoms. The number of nitrogens with zero attached hydrogens (tertiary/aromatic N) is 3. The summed E-state index contributed by atoms with van der Waals surface area (Å²) in [5.41, 5.74) is 2.88. The summed E-state index contributed by atoms with van der Waals surface area (Å²) in [5.74, 6) is -0.424. The summed E-state index contributed by atoms with van der Waals surface area (Å²) in [7, 11) is 0. The van der Waals surface area contributed by atoms with Crippen LogP contribution in [-0.4, -0.2) is 32.1 Å². The summed E-state index contributed by atoms with van der Waals surface area (Å²) in [6, 6.07) is 19.2. The number of benzene rings is 2. The SMILES string of the molecule is CCc1sc2ncnc(N[C@H](Cc3ccccn3)C(=O)O)c2c1-c1cccc2ccccc12. The molecule has 0 unspecified atom stereocenters. The molecule has 1 atom stereocenters. The van der Waals surface area contributed by atoms with Gasteiger partial charge in [0, 0.05) is 28.8 Å². The van der Waals surface area contributed by atoms with Gasteiger partial charge in [-0.2, -0.15) is 0 Å². The summed E-state index contributed by atoms with van der Waals surface area (Å²) < 4.78 is 0. The van der Waals surface area contributed by atoms with E-state index in [1.54, 1.807) is 17.5 Å². The van der Waals surface area contributed by atoms with Gasteiger partial charge in [0.2, 0.25) is 0 Å². The molecule has 164 valence electrons. The number of aliphatic carboxylic acids is 1. The van der Waals surface area contributed by atoms with E-state index in [0.717, 1.165) is 38.5 Å². The molecule has 7 heteroatoms. The van der Waals surface area contributed by atoms with Crippen molar-refractivity contribution in [3.05, 3.63) is 83.8 Å². The van der Waals surface area contributed by atoms with Crippen LogP contribution in [0.15, 0.2) is 73.2 Å². The summed E-state index contributed by atoms with van der Waals surface area (Å²) in [6.07, 6.45) is 4.25. The Bertz CT molecular complexity index is 1440.